The first-order valence-corrected chi connectivity index (χ1v) is 5.74. The molecule has 0 aliphatic carbocycles. The Hall–Kier alpha value is -1.83. The van der Waals surface area contributed by atoms with Crippen LogP contribution in [0.4, 0.5) is 0 Å². The lowest BCUT2D eigenvalue weighted by atomic mass is 9.93. The second kappa shape index (κ2) is 4.58. The lowest BCUT2D eigenvalue weighted by Crippen LogP contribution is -2.06. The van der Waals surface area contributed by atoms with Crippen molar-refractivity contribution in [3.63, 3.8) is 0 Å². The zero-order valence-corrected chi connectivity index (χ0v) is 10.4. The molecule has 2 rings (SSSR count). The van der Waals surface area contributed by atoms with Crippen LogP contribution < -0.4 is 0 Å². The molecule has 17 heavy (non-hydrogen) atoms. The molecule has 0 amide bonds. The topological polar surface area (TPSA) is 26.3 Å². The predicted molar refractivity (Wildman–Crippen MR) is 69.4 cm³/mol. The molecule has 0 fully saturated rings. The SMILES string of the molecule is COC(=O)c1cc2ccccc2cc1C(C)C. The van der Waals surface area contributed by atoms with Gasteiger partial charge in [-0.05, 0) is 28.3 Å². The van der Waals surface area contributed by atoms with E-state index in [4.69, 9.17) is 4.74 Å². The Balaban J connectivity index is 2.70. The first kappa shape index (κ1) is 11.6. The van der Waals surface area contributed by atoms with E-state index in [1.165, 1.54) is 7.11 Å². The van der Waals surface area contributed by atoms with E-state index in [2.05, 4.69) is 26.0 Å². The van der Waals surface area contributed by atoms with E-state index >= 15 is 0 Å². The second-order valence-corrected chi connectivity index (χ2v) is 4.43. The molecule has 0 spiro atoms. The molecule has 0 saturated heterocycles. The fraction of sp³-hybridized carbons (Fsp3) is 0.267. The molecule has 0 heterocycles. The molecule has 2 aromatic carbocycles. The summed E-state index contributed by atoms with van der Waals surface area (Å²) in [7, 11) is 1.42. The van der Waals surface area contributed by atoms with Crippen LogP contribution >= 0.6 is 0 Å². The molecule has 88 valence electrons. The number of carbonyl (C=O) groups is 1. The molecule has 0 aliphatic heterocycles. The van der Waals surface area contributed by atoms with Crippen LogP contribution in [0.25, 0.3) is 10.8 Å². The Bertz CT molecular complexity index is 556. The van der Waals surface area contributed by atoms with E-state index in [-0.39, 0.29) is 5.97 Å². The number of benzene rings is 2. The van der Waals surface area contributed by atoms with Crippen LogP contribution in [0, 0.1) is 0 Å². The van der Waals surface area contributed by atoms with E-state index in [9.17, 15) is 4.79 Å². The van der Waals surface area contributed by atoms with Gasteiger partial charge in [-0.15, -0.1) is 0 Å². The third-order valence-electron chi connectivity index (χ3n) is 2.95. The standard InChI is InChI=1S/C15H16O2/c1-10(2)13-8-11-6-4-5-7-12(11)9-14(13)15(16)17-3/h4-10H,1-3H3. The quantitative estimate of drug-likeness (QED) is 0.732. The predicted octanol–water partition coefficient (Wildman–Crippen LogP) is 3.75. The molecule has 0 atom stereocenters. The summed E-state index contributed by atoms with van der Waals surface area (Å²) in [4.78, 5) is 11.8. The molecular weight excluding hydrogens is 212 g/mol. The highest BCUT2D eigenvalue weighted by Crippen LogP contribution is 2.26. The van der Waals surface area contributed by atoms with Gasteiger partial charge in [0.1, 0.15) is 0 Å². The van der Waals surface area contributed by atoms with Crippen molar-refractivity contribution in [2.75, 3.05) is 7.11 Å². The minimum Gasteiger partial charge on any atom is -0.465 e. The number of fused-ring (bicyclic) bond motifs is 1. The normalized spacial score (nSPS) is 10.8. The summed E-state index contributed by atoms with van der Waals surface area (Å²) in [6, 6.07) is 12.0. The van der Waals surface area contributed by atoms with Gasteiger partial charge in [0.25, 0.3) is 0 Å². The Morgan fingerprint density at radius 2 is 1.71 bits per heavy atom. The number of ether oxygens (including phenoxy) is 1. The van der Waals surface area contributed by atoms with Crippen molar-refractivity contribution < 1.29 is 9.53 Å². The van der Waals surface area contributed by atoms with Gasteiger partial charge in [-0.3, -0.25) is 0 Å². The van der Waals surface area contributed by atoms with Crippen LogP contribution in [0.2, 0.25) is 0 Å². The van der Waals surface area contributed by atoms with E-state index in [1.54, 1.807) is 0 Å². The maximum absolute atomic E-state index is 11.8. The van der Waals surface area contributed by atoms with Crippen LogP contribution in [0.3, 0.4) is 0 Å². The third-order valence-corrected chi connectivity index (χ3v) is 2.95. The van der Waals surface area contributed by atoms with Gasteiger partial charge in [0.15, 0.2) is 0 Å². The maximum Gasteiger partial charge on any atom is 0.338 e. The van der Waals surface area contributed by atoms with Gasteiger partial charge in [0.05, 0.1) is 12.7 Å². The highest BCUT2D eigenvalue weighted by Gasteiger charge is 2.15. The van der Waals surface area contributed by atoms with E-state index < -0.39 is 0 Å². The molecule has 0 aliphatic rings. The van der Waals surface area contributed by atoms with Gasteiger partial charge < -0.3 is 4.74 Å². The number of methoxy groups -OCH3 is 1. The zero-order chi connectivity index (χ0) is 12.4. The summed E-state index contributed by atoms with van der Waals surface area (Å²) < 4.78 is 4.84. The highest BCUT2D eigenvalue weighted by molar-refractivity contribution is 5.97. The Morgan fingerprint density at radius 3 is 2.24 bits per heavy atom. The molecular formula is C15H16O2. The summed E-state index contributed by atoms with van der Waals surface area (Å²) in [6.45, 7) is 4.16. The Kier molecular flexibility index (Phi) is 3.14. The molecule has 0 saturated carbocycles. The zero-order valence-electron chi connectivity index (χ0n) is 10.4. The molecule has 0 aromatic heterocycles. The first-order valence-electron chi connectivity index (χ1n) is 5.74. The molecule has 0 unspecified atom stereocenters. The molecule has 0 bridgehead atoms. The van der Waals surface area contributed by atoms with Crippen molar-refractivity contribution in [3.05, 3.63) is 47.5 Å². The molecule has 2 aromatic rings. The van der Waals surface area contributed by atoms with Crippen molar-refractivity contribution in [1.29, 1.82) is 0 Å². The van der Waals surface area contributed by atoms with E-state index in [0.717, 1.165) is 16.3 Å². The van der Waals surface area contributed by atoms with Gasteiger partial charge in [-0.2, -0.15) is 0 Å². The fourth-order valence-electron chi connectivity index (χ4n) is 2.02. The number of carbonyl (C=O) groups excluding carboxylic acids is 1. The second-order valence-electron chi connectivity index (χ2n) is 4.43. The number of rotatable bonds is 2. The van der Waals surface area contributed by atoms with Crippen molar-refractivity contribution in [2.45, 2.75) is 19.8 Å². The number of hydrogen-bond acceptors (Lipinski definition) is 2. The monoisotopic (exact) mass is 228 g/mol. The van der Waals surface area contributed by atoms with Crippen molar-refractivity contribution in [1.82, 2.24) is 0 Å². The highest BCUT2D eigenvalue weighted by atomic mass is 16.5. The van der Waals surface area contributed by atoms with E-state index in [1.807, 2.05) is 24.3 Å². The van der Waals surface area contributed by atoms with Gasteiger partial charge in [-0.1, -0.05) is 44.2 Å². The smallest absolute Gasteiger partial charge is 0.338 e. The molecule has 0 N–H and O–H groups in total. The maximum atomic E-state index is 11.8. The summed E-state index contributed by atoms with van der Waals surface area (Å²) in [6.07, 6.45) is 0. The van der Waals surface area contributed by atoms with Crippen LogP contribution in [-0.4, -0.2) is 13.1 Å². The van der Waals surface area contributed by atoms with E-state index in [0.29, 0.717) is 11.5 Å². The fourth-order valence-corrected chi connectivity index (χ4v) is 2.02. The Morgan fingerprint density at radius 1 is 1.12 bits per heavy atom. The minimum absolute atomic E-state index is 0.264. The lowest BCUT2D eigenvalue weighted by molar-refractivity contribution is 0.0599. The summed E-state index contributed by atoms with van der Waals surface area (Å²) >= 11 is 0. The van der Waals surface area contributed by atoms with Crippen LogP contribution in [0.5, 0.6) is 0 Å². The van der Waals surface area contributed by atoms with Crippen LogP contribution in [-0.2, 0) is 4.74 Å². The first-order chi connectivity index (χ1) is 8.13. The van der Waals surface area contributed by atoms with Crippen molar-refractivity contribution >= 4 is 16.7 Å². The van der Waals surface area contributed by atoms with Crippen LogP contribution in [0.15, 0.2) is 36.4 Å². The summed E-state index contributed by atoms with van der Waals surface area (Å²) in [5, 5.41) is 2.22. The van der Waals surface area contributed by atoms with Gasteiger partial charge >= 0.3 is 5.97 Å². The number of hydrogen-bond donors (Lipinski definition) is 0. The lowest BCUT2D eigenvalue weighted by Gasteiger charge is -2.12. The average Bonchev–Trinajstić information content (AvgIpc) is 2.36. The molecule has 0 radical (unpaired) electrons. The van der Waals surface area contributed by atoms with Crippen LogP contribution in [0.1, 0.15) is 35.7 Å². The minimum atomic E-state index is -0.264. The largest absolute Gasteiger partial charge is 0.465 e. The Labute approximate surface area is 101 Å². The number of esters is 1. The van der Waals surface area contributed by atoms with Crippen molar-refractivity contribution in [2.24, 2.45) is 0 Å². The summed E-state index contributed by atoms with van der Waals surface area (Å²) in [5.41, 5.74) is 1.71. The molecule has 2 nitrogen and oxygen atoms in total. The molecule has 2 heteroatoms. The van der Waals surface area contributed by atoms with Crippen molar-refractivity contribution in [3.8, 4) is 0 Å². The van der Waals surface area contributed by atoms with Gasteiger partial charge in [0.2, 0.25) is 0 Å². The average molecular weight is 228 g/mol. The summed E-state index contributed by atoms with van der Waals surface area (Å²) in [5.74, 6) is 0.0353. The van der Waals surface area contributed by atoms with Gasteiger partial charge in [-0.25, -0.2) is 4.79 Å². The third kappa shape index (κ3) is 2.16. The van der Waals surface area contributed by atoms with Gasteiger partial charge in [0, 0.05) is 0 Å².